The third-order valence-corrected chi connectivity index (χ3v) is 4.24. The van der Waals surface area contributed by atoms with Crippen LogP contribution in [0, 0.1) is 0 Å². The van der Waals surface area contributed by atoms with Gasteiger partial charge in [-0.1, -0.05) is 0 Å². The Labute approximate surface area is 105 Å². The molecule has 90 valence electrons. The Hall–Kier alpha value is -1.13. The lowest BCUT2D eigenvalue weighted by Crippen LogP contribution is -2.24. The smallest absolute Gasteiger partial charge is 0.0540 e. The number of aromatic nitrogens is 2. The van der Waals surface area contributed by atoms with Crippen molar-refractivity contribution in [2.45, 2.75) is 31.8 Å². The van der Waals surface area contributed by atoms with E-state index in [0.717, 1.165) is 6.54 Å². The largest absolute Gasteiger partial charge is 0.306 e. The fourth-order valence-electron chi connectivity index (χ4n) is 2.55. The third-order valence-electron chi connectivity index (χ3n) is 3.51. The molecule has 0 saturated carbocycles. The number of rotatable bonds is 3. The van der Waals surface area contributed by atoms with Gasteiger partial charge in [0.1, 0.15) is 0 Å². The van der Waals surface area contributed by atoms with Crippen LogP contribution in [-0.2, 0) is 20.0 Å². The van der Waals surface area contributed by atoms with Gasteiger partial charge in [0.15, 0.2) is 0 Å². The first kappa shape index (κ1) is 11.0. The van der Waals surface area contributed by atoms with Crippen molar-refractivity contribution in [2.75, 3.05) is 0 Å². The molecule has 1 aliphatic rings. The lowest BCUT2D eigenvalue weighted by atomic mass is 9.93. The van der Waals surface area contributed by atoms with Gasteiger partial charge >= 0.3 is 0 Å². The summed E-state index contributed by atoms with van der Waals surface area (Å²) in [6.07, 6.45) is 5.68. The lowest BCUT2D eigenvalue weighted by Gasteiger charge is -2.23. The number of nitrogens with one attached hydrogen (secondary N) is 1. The number of thiophene rings is 1. The summed E-state index contributed by atoms with van der Waals surface area (Å²) in [4.78, 5) is 0. The molecule has 2 aromatic heterocycles. The average molecular weight is 247 g/mol. The van der Waals surface area contributed by atoms with E-state index in [1.807, 2.05) is 17.9 Å². The predicted octanol–water partition coefficient (Wildman–Crippen LogP) is 2.65. The van der Waals surface area contributed by atoms with Crippen LogP contribution in [0.25, 0.3) is 0 Å². The van der Waals surface area contributed by atoms with Crippen LogP contribution in [0.15, 0.2) is 23.0 Å². The number of fused-ring (bicyclic) bond motifs is 1. The van der Waals surface area contributed by atoms with Crippen LogP contribution in [0.5, 0.6) is 0 Å². The Bertz CT molecular complexity index is 487. The van der Waals surface area contributed by atoms with E-state index in [1.165, 1.54) is 36.1 Å². The van der Waals surface area contributed by atoms with Crippen molar-refractivity contribution in [3.8, 4) is 0 Å². The van der Waals surface area contributed by atoms with Crippen molar-refractivity contribution in [1.29, 1.82) is 0 Å². The first-order valence-electron chi connectivity index (χ1n) is 6.10. The molecule has 0 bridgehead atoms. The topological polar surface area (TPSA) is 29.9 Å². The summed E-state index contributed by atoms with van der Waals surface area (Å²) in [7, 11) is 2.04. The van der Waals surface area contributed by atoms with Crippen LogP contribution in [0.3, 0.4) is 0 Å². The molecule has 0 radical (unpaired) electrons. The minimum atomic E-state index is 0.479. The van der Waals surface area contributed by atoms with E-state index in [2.05, 4.69) is 27.2 Å². The monoisotopic (exact) mass is 247 g/mol. The van der Waals surface area contributed by atoms with E-state index < -0.39 is 0 Å². The predicted molar refractivity (Wildman–Crippen MR) is 70.0 cm³/mol. The van der Waals surface area contributed by atoms with E-state index in [9.17, 15) is 0 Å². The molecule has 2 aromatic rings. The van der Waals surface area contributed by atoms with E-state index in [-0.39, 0.29) is 0 Å². The van der Waals surface area contributed by atoms with E-state index >= 15 is 0 Å². The van der Waals surface area contributed by atoms with Gasteiger partial charge in [0.25, 0.3) is 0 Å². The van der Waals surface area contributed by atoms with Gasteiger partial charge in [-0.3, -0.25) is 4.68 Å². The highest BCUT2D eigenvalue weighted by molar-refractivity contribution is 7.07. The first-order chi connectivity index (χ1) is 8.34. The second-order valence-corrected chi connectivity index (χ2v) is 5.41. The number of nitrogens with zero attached hydrogens (tertiary/aromatic N) is 2. The fourth-order valence-corrected chi connectivity index (χ4v) is 3.22. The van der Waals surface area contributed by atoms with Gasteiger partial charge < -0.3 is 5.32 Å². The molecule has 0 spiro atoms. The molecule has 1 atom stereocenters. The van der Waals surface area contributed by atoms with Crippen LogP contribution in [-0.4, -0.2) is 9.78 Å². The Kier molecular flexibility index (Phi) is 2.99. The Morgan fingerprint density at radius 2 is 2.53 bits per heavy atom. The molecule has 1 unspecified atom stereocenters. The number of hydrogen-bond donors (Lipinski definition) is 1. The van der Waals surface area contributed by atoms with Crippen LogP contribution < -0.4 is 5.32 Å². The standard InChI is InChI=1S/C13H17N3S/c1-16-13-4-2-3-12(11(13)8-15-16)14-7-10-5-6-17-9-10/h5-6,8-9,12,14H,2-4,7H2,1H3. The molecular weight excluding hydrogens is 230 g/mol. The van der Waals surface area contributed by atoms with Crippen LogP contribution in [0.4, 0.5) is 0 Å². The highest BCUT2D eigenvalue weighted by Gasteiger charge is 2.22. The van der Waals surface area contributed by atoms with Crippen LogP contribution >= 0.6 is 11.3 Å². The first-order valence-corrected chi connectivity index (χ1v) is 7.04. The molecule has 0 fully saturated rings. The molecule has 0 saturated heterocycles. The summed E-state index contributed by atoms with van der Waals surface area (Å²) in [5, 5.41) is 12.4. The zero-order valence-corrected chi connectivity index (χ0v) is 10.8. The Morgan fingerprint density at radius 1 is 1.59 bits per heavy atom. The fraction of sp³-hybridized carbons (Fsp3) is 0.462. The molecule has 3 rings (SSSR count). The number of aryl methyl sites for hydroxylation is 1. The second kappa shape index (κ2) is 4.63. The molecule has 0 aliphatic heterocycles. The van der Waals surface area contributed by atoms with Crippen LogP contribution in [0.1, 0.15) is 35.7 Å². The summed E-state index contributed by atoms with van der Waals surface area (Å²) in [6.45, 7) is 0.961. The van der Waals surface area contributed by atoms with Crippen LogP contribution in [0.2, 0.25) is 0 Å². The highest BCUT2D eigenvalue weighted by atomic mass is 32.1. The van der Waals surface area contributed by atoms with Gasteiger partial charge in [-0.05, 0) is 41.7 Å². The maximum absolute atomic E-state index is 4.37. The number of hydrogen-bond acceptors (Lipinski definition) is 3. The molecule has 0 aromatic carbocycles. The molecule has 1 aliphatic carbocycles. The van der Waals surface area contributed by atoms with Crippen molar-refractivity contribution < 1.29 is 0 Å². The average Bonchev–Trinajstić information content (AvgIpc) is 2.97. The third kappa shape index (κ3) is 2.15. The zero-order valence-electron chi connectivity index (χ0n) is 10.0. The quantitative estimate of drug-likeness (QED) is 0.903. The molecule has 2 heterocycles. The van der Waals surface area contributed by atoms with E-state index in [1.54, 1.807) is 11.3 Å². The summed E-state index contributed by atoms with van der Waals surface area (Å²) in [5.74, 6) is 0. The van der Waals surface area contributed by atoms with Crippen molar-refractivity contribution in [3.63, 3.8) is 0 Å². The van der Waals surface area contributed by atoms with Gasteiger partial charge in [0.05, 0.1) is 6.20 Å². The molecular formula is C13H17N3S. The highest BCUT2D eigenvalue weighted by Crippen LogP contribution is 2.29. The minimum Gasteiger partial charge on any atom is -0.306 e. The van der Waals surface area contributed by atoms with Gasteiger partial charge in [-0.25, -0.2) is 0 Å². The zero-order chi connectivity index (χ0) is 11.7. The summed E-state index contributed by atoms with van der Waals surface area (Å²) in [5.41, 5.74) is 4.18. The Morgan fingerprint density at radius 3 is 3.35 bits per heavy atom. The summed E-state index contributed by atoms with van der Waals surface area (Å²) >= 11 is 1.76. The van der Waals surface area contributed by atoms with Crippen molar-refractivity contribution >= 4 is 11.3 Å². The SMILES string of the molecule is Cn1ncc2c1CCCC2NCc1ccsc1. The van der Waals surface area contributed by atoms with E-state index in [0.29, 0.717) is 6.04 Å². The molecule has 4 heteroatoms. The summed E-state index contributed by atoms with van der Waals surface area (Å²) in [6, 6.07) is 2.66. The van der Waals surface area contributed by atoms with E-state index in [4.69, 9.17) is 0 Å². The second-order valence-electron chi connectivity index (χ2n) is 4.63. The molecule has 1 N–H and O–H groups in total. The summed E-state index contributed by atoms with van der Waals surface area (Å²) < 4.78 is 2.02. The lowest BCUT2D eigenvalue weighted by molar-refractivity contribution is 0.452. The van der Waals surface area contributed by atoms with Gasteiger partial charge in [0.2, 0.25) is 0 Å². The van der Waals surface area contributed by atoms with Gasteiger partial charge in [-0.15, -0.1) is 0 Å². The van der Waals surface area contributed by atoms with Crippen molar-refractivity contribution in [1.82, 2.24) is 15.1 Å². The van der Waals surface area contributed by atoms with Crippen molar-refractivity contribution in [3.05, 3.63) is 39.8 Å². The maximum Gasteiger partial charge on any atom is 0.0540 e. The molecule has 3 nitrogen and oxygen atoms in total. The van der Waals surface area contributed by atoms with Crippen molar-refractivity contribution in [2.24, 2.45) is 7.05 Å². The molecule has 0 amide bonds. The Balaban J connectivity index is 1.72. The van der Waals surface area contributed by atoms with Gasteiger partial charge in [0, 0.05) is 30.9 Å². The maximum atomic E-state index is 4.37. The normalized spacial score (nSPS) is 19.2. The minimum absolute atomic E-state index is 0.479. The molecule has 17 heavy (non-hydrogen) atoms. The van der Waals surface area contributed by atoms with Gasteiger partial charge in [-0.2, -0.15) is 16.4 Å².